The minimum absolute atomic E-state index is 0.334. The normalized spacial score (nSPS) is 11.5. The third kappa shape index (κ3) is 3.58. The van der Waals surface area contributed by atoms with Gasteiger partial charge in [-0.1, -0.05) is 12.1 Å². The quantitative estimate of drug-likeness (QED) is 0.342. The highest BCUT2D eigenvalue weighted by molar-refractivity contribution is 7.22. The average molecular weight is 510 g/mol. The van der Waals surface area contributed by atoms with Crippen molar-refractivity contribution < 1.29 is 4.74 Å². The first-order chi connectivity index (χ1) is 17.9. The summed E-state index contributed by atoms with van der Waals surface area (Å²) in [6.45, 7) is 3.86. The first kappa shape index (κ1) is 22.9. The van der Waals surface area contributed by atoms with E-state index in [9.17, 15) is 9.59 Å². The van der Waals surface area contributed by atoms with Gasteiger partial charge in [-0.3, -0.25) is 14.3 Å². The molecule has 6 aromatic rings. The number of nitrogens with zero attached hydrogens (tertiary/aromatic N) is 5. The van der Waals surface area contributed by atoms with Crippen molar-refractivity contribution in [2.75, 3.05) is 7.11 Å². The van der Waals surface area contributed by atoms with Crippen LogP contribution in [-0.2, 0) is 7.05 Å². The summed E-state index contributed by atoms with van der Waals surface area (Å²) in [5.74, 6) is 0.683. The van der Waals surface area contributed by atoms with E-state index in [4.69, 9.17) is 4.74 Å². The van der Waals surface area contributed by atoms with Crippen molar-refractivity contribution in [3.63, 3.8) is 0 Å². The van der Waals surface area contributed by atoms with Crippen LogP contribution in [0.5, 0.6) is 5.75 Å². The summed E-state index contributed by atoms with van der Waals surface area (Å²) in [6.07, 6.45) is 5.40. The molecule has 0 atom stereocenters. The van der Waals surface area contributed by atoms with Gasteiger partial charge in [-0.05, 0) is 61.4 Å². The number of hydrogen-bond donors (Lipinski definition) is 0. The zero-order valence-corrected chi connectivity index (χ0v) is 21.5. The molecule has 0 N–H and O–H groups in total. The van der Waals surface area contributed by atoms with Crippen LogP contribution in [0.15, 0.2) is 76.8 Å². The van der Waals surface area contributed by atoms with Crippen LogP contribution in [0, 0.1) is 13.8 Å². The molecule has 2 aromatic carbocycles. The largest absolute Gasteiger partial charge is 0.495 e. The van der Waals surface area contributed by atoms with Crippen molar-refractivity contribution in [3.05, 3.63) is 99.3 Å². The molecule has 0 spiro atoms. The summed E-state index contributed by atoms with van der Waals surface area (Å²) in [5, 5.41) is 1.39. The van der Waals surface area contributed by atoms with Gasteiger partial charge in [0.25, 0.3) is 5.56 Å². The molecule has 0 aliphatic rings. The minimum atomic E-state index is -0.392. The zero-order chi connectivity index (χ0) is 25.8. The average Bonchev–Trinajstić information content (AvgIpc) is 3.50. The fraction of sp³-hybridized carbons (Fsp3) is 0.143. The van der Waals surface area contributed by atoms with Gasteiger partial charge < -0.3 is 9.30 Å². The number of rotatable bonds is 4. The molecule has 4 aromatic heterocycles. The maximum absolute atomic E-state index is 13.8. The Bertz CT molecular complexity index is 1960. The molecule has 9 heteroatoms. The number of pyridine rings is 1. The van der Waals surface area contributed by atoms with E-state index in [1.54, 1.807) is 37.3 Å². The number of benzene rings is 2. The van der Waals surface area contributed by atoms with E-state index in [-0.39, 0.29) is 5.56 Å². The highest BCUT2D eigenvalue weighted by Crippen LogP contribution is 2.39. The molecule has 8 nitrogen and oxygen atoms in total. The molecule has 0 bridgehead atoms. The number of imidazole rings is 1. The lowest BCUT2D eigenvalue weighted by Crippen LogP contribution is -2.37. The molecule has 4 heterocycles. The fourth-order valence-electron chi connectivity index (χ4n) is 4.71. The predicted molar refractivity (Wildman–Crippen MR) is 147 cm³/mol. The third-order valence-corrected chi connectivity index (χ3v) is 8.02. The van der Waals surface area contributed by atoms with E-state index in [0.717, 1.165) is 38.3 Å². The van der Waals surface area contributed by atoms with Crippen LogP contribution in [0.2, 0.25) is 0 Å². The van der Waals surface area contributed by atoms with Crippen molar-refractivity contribution in [1.29, 1.82) is 0 Å². The number of thiophene rings is 1. The second kappa shape index (κ2) is 8.56. The summed E-state index contributed by atoms with van der Waals surface area (Å²) in [6, 6.07) is 15.1. The van der Waals surface area contributed by atoms with Crippen molar-refractivity contribution in [1.82, 2.24) is 23.7 Å². The zero-order valence-electron chi connectivity index (χ0n) is 20.7. The summed E-state index contributed by atoms with van der Waals surface area (Å²) in [4.78, 5) is 37.4. The van der Waals surface area contributed by atoms with E-state index < -0.39 is 5.69 Å². The minimum Gasteiger partial charge on any atom is -0.495 e. The molecule has 0 aliphatic carbocycles. The number of methoxy groups -OCH3 is 1. The first-order valence-corrected chi connectivity index (χ1v) is 12.5. The first-order valence-electron chi connectivity index (χ1n) is 11.7. The van der Waals surface area contributed by atoms with Crippen LogP contribution in [0.25, 0.3) is 42.9 Å². The second-order valence-electron chi connectivity index (χ2n) is 8.91. The van der Waals surface area contributed by atoms with E-state index in [1.807, 2.05) is 67.1 Å². The Balaban J connectivity index is 1.55. The smallest absolute Gasteiger partial charge is 0.336 e. The predicted octanol–water partition coefficient (Wildman–Crippen LogP) is 4.78. The Hall–Kier alpha value is -4.50. The van der Waals surface area contributed by atoms with Crippen LogP contribution < -0.4 is 16.0 Å². The molecule has 0 saturated carbocycles. The van der Waals surface area contributed by atoms with Gasteiger partial charge in [0, 0.05) is 29.7 Å². The van der Waals surface area contributed by atoms with Crippen molar-refractivity contribution in [2.24, 2.45) is 7.05 Å². The molecule has 37 heavy (non-hydrogen) atoms. The van der Waals surface area contributed by atoms with Crippen LogP contribution in [0.4, 0.5) is 0 Å². The molecule has 0 amide bonds. The summed E-state index contributed by atoms with van der Waals surface area (Å²) in [7, 11) is 3.33. The van der Waals surface area contributed by atoms with Gasteiger partial charge >= 0.3 is 5.69 Å². The lowest BCUT2D eigenvalue weighted by molar-refractivity contribution is 0.413. The topological polar surface area (TPSA) is 83.9 Å². The van der Waals surface area contributed by atoms with Crippen molar-refractivity contribution in [2.45, 2.75) is 13.8 Å². The van der Waals surface area contributed by atoms with Crippen LogP contribution in [0.3, 0.4) is 0 Å². The monoisotopic (exact) mass is 509 g/mol. The third-order valence-electron chi connectivity index (χ3n) is 6.60. The number of fused-ring (bicyclic) bond motifs is 2. The Kier molecular flexibility index (Phi) is 5.31. The van der Waals surface area contributed by atoms with E-state index >= 15 is 0 Å². The molecule has 0 unspecified atom stereocenters. The number of aromatic nitrogens is 5. The number of aryl methyl sites for hydroxylation is 3. The molecule has 0 fully saturated rings. The standard InChI is InChI=1S/C28H23N5O3S/c1-16-14-32(15-30-16)22-10-7-19(13-23(22)36-4)25-17(2)24-26(34)33(28(35)31(3)27(24)37-25)20-8-9-21-18(12-20)6-5-11-29-21/h5-15H,1-4H3. The molecular formula is C28H23N5O3S. The van der Waals surface area contributed by atoms with Gasteiger partial charge in [0.15, 0.2) is 0 Å². The van der Waals surface area contributed by atoms with Crippen LogP contribution in [0.1, 0.15) is 11.3 Å². The molecule has 0 saturated heterocycles. The molecule has 6 rings (SSSR count). The number of ether oxygens (including phenoxy) is 1. The Morgan fingerprint density at radius 2 is 1.84 bits per heavy atom. The highest BCUT2D eigenvalue weighted by Gasteiger charge is 2.21. The van der Waals surface area contributed by atoms with E-state index in [1.165, 1.54) is 15.9 Å². The lowest BCUT2D eigenvalue weighted by Gasteiger charge is -2.11. The van der Waals surface area contributed by atoms with Crippen molar-refractivity contribution >= 4 is 32.5 Å². The summed E-state index contributed by atoms with van der Waals surface area (Å²) < 4.78 is 10.4. The molecule has 184 valence electrons. The Morgan fingerprint density at radius 3 is 2.59 bits per heavy atom. The summed E-state index contributed by atoms with van der Waals surface area (Å²) in [5.41, 5.74) is 4.10. The van der Waals surface area contributed by atoms with Gasteiger partial charge in [-0.25, -0.2) is 14.3 Å². The van der Waals surface area contributed by atoms with Gasteiger partial charge in [-0.15, -0.1) is 11.3 Å². The van der Waals surface area contributed by atoms with E-state index in [2.05, 4.69) is 9.97 Å². The second-order valence-corrected chi connectivity index (χ2v) is 9.91. The molecule has 0 radical (unpaired) electrons. The van der Waals surface area contributed by atoms with Crippen molar-refractivity contribution in [3.8, 4) is 27.6 Å². The van der Waals surface area contributed by atoms with Gasteiger partial charge in [0.05, 0.1) is 41.4 Å². The van der Waals surface area contributed by atoms with Crippen LogP contribution >= 0.6 is 11.3 Å². The molecule has 0 aliphatic heterocycles. The van der Waals surface area contributed by atoms with Gasteiger partial charge in [0.1, 0.15) is 10.6 Å². The fourth-order valence-corrected chi connectivity index (χ4v) is 5.96. The summed E-state index contributed by atoms with van der Waals surface area (Å²) >= 11 is 1.43. The number of hydrogen-bond acceptors (Lipinski definition) is 6. The van der Waals surface area contributed by atoms with Gasteiger partial charge in [0.2, 0.25) is 0 Å². The SMILES string of the molecule is COc1cc(-c2sc3c(c2C)c(=O)n(-c2ccc4ncccc4c2)c(=O)n3C)ccc1-n1cnc(C)c1. The molecular weight excluding hydrogens is 486 g/mol. The highest BCUT2D eigenvalue weighted by atomic mass is 32.1. The van der Waals surface area contributed by atoms with Gasteiger partial charge in [-0.2, -0.15) is 0 Å². The van der Waals surface area contributed by atoms with Crippen LogP contribution in [-0.4, -0.2) is 30.8 Å². The van der Waals surface area contributed by atoms with E-state index in [0.29, 0.717) is 21.7 Å². The lowest BCUT2D eigenvalue weighted by atomic mass is 10.1. The Morgan fingerprint density at radius 1 is 1.00 bits per heavy atom. The Labute approximate surface area is 215 Å². The maximum Gasteiger partial charge on any atom is 0.336 e. The maximum atomic E-state index is 13.8.